The first-order valence-corrected chi connectivity index (χ1v) is 4.61. The van der Waals surface area contributed by atoms with Crippen LogP contribution in [0, 0.1) is 0 Å². The van der Waals surface area contributed by atoms with E-state index in [1.807, 2.05) is 12.1 Å². The summed E-state index contributed by atoms with van der Waals surface area (Å²) in [6, 6.07) is 7.47. The van der Waals surface area contributed by atoms with Gasteiger partial charge in [-0.05, 0) is 51.2 Å². The lowest BCUT2D eigenvalue weighted by atomic mass is 10.1. The summed E-state index contributed by atoms with van der Waals surface area (Å²) in [6.07, 6.45) is 2.17. The second-order valence-corrected chi connectivity index (χ2v) is 3.58. The maximum absolute atomic E-state index is 9.21. The molecule has 1 rings (SSSR count). The quantitative estimate of drug-likeness (QED) is 0.763. The molecule has 0 atom stereocenters. The Bertz CT molecular complexity index is 258. The highest BCUT2D eigenvalue weighted by molar-refractivity contribution is 5.27. The molecule has 2 nitrogen and oxygen atoms in total. The number of phenols is 1. The maximum Gasteiger partial charge on any atom is 0.115 e. The fourth-order valence-corrected chi connectivity index (χ4v) is 1.31. The Morgan fingerprint density at radius 1 is 1.31 bits per heavy atom. The lowest BCUT2D eigenvalue weighted by molar-refractivity contribution is 0.400. The number of benzene rings is 1. The van der Waals surface area contributed by atoms with Crippen LogP contribution in [0.1, 0.15) is 12.0 Å². The van der Waals surface area contributed by atoms with Crippen molar-refractivity contribution in [2.24, 2.45) is 0 Å². The standard InChI is InChI=1S/C11H17NO/c1-12(2)8-4-6-10-5-3-7-11(13)9-10/h3,5,7,9,13H,4,6,8H2,1-2H3. The molecule has 0 spiro atoms. The summed E-state index contributed by atoms with van der Waals surface area (Å²) in [5.41, 5.74) is 1.21. The highest BCUT2D eigenvalue weighted by Crippen LogP contribution is 2.12. The van der Waals surface area contributed by atoms with E-state index in [4.69, 9.17) is 0 Å². The zero-order chi connectivity index (χ0) is 9.68. The van der Waals surface area contributed by atoms with E-state index < -0.39 is 0 Å². The third-order valence-corrected chi connectivity index (χ3v) is 1.98. The van der Waals surface area contributed by atoms with Gasteiger partial charge in [0, 0.05) is 0 Å². The van der Waals surface area contributed by atoms with Crippen molar-refractivity contribution >= 4 is 0 Å². The van der Waals surface area contributed by atoms with Crippen LogP contribution in [0.5, 0.6) is 5.75 Å². The van der Waals surface area contributed by atoms with Gasteiger partial charge >= 0.3 is 0 Å². The number of hydrogen-bond acceptors (Lipinski definition) is 2. The third-order valence-electron chi connectivity index (χ3n) is 1.98. The Hall–Kier alpha value is -1.02. The van der Waals surface area contributed by atoms with Crippen molar-refractivity contribution in [2.75, 3.05) is 20.6 Å². The van der Waals surface area contributed by atoms with E-state index in [-0.39, 0.29) is 0 Å². The van der Waals surface area contributed by atoms with E-state index in [0.717, 1.165) is 19.4 Å². The molecule has 0 aliphatic rings. The highest BCUT2D eigenvalue weighted by atomic mass is 16.3. The van der Waals surface area contributed by atoms with Gasteiger partial charge in [-0.3, -0.25) is 0 Å². The molecule has 0 saturated carbocycles. The first-order chi connectivity index (χ1) is 6.18. The molecule has 1 N–H and O–H groups in total. The number of aryl methyl sites for hydroxylation is 1. The van der Waals surface area contributed by atoms with E-state index in [9.17, 15) is 5.11 Å². The SMILES string of the molecule is CN(C)CCCc1cccc(O)c1. The number of aromatic hydroxyl groups is 1. The summed E-state index contributed by atoms with van der Waals surface area (Å²) in [4.78, 5) is 2.17. The molecule has 0 saturated heterocycles. The maximum atomic E-state index is 9.21. The molecule has 13 heavy (non-hydrogen) atoms. The molecular weight excluding hydrogens is 162 g/mol. The number of nitrogens with zero attached hydrogens (tertiary/aromatic N) is 1. The molecule has 0 aromatic heterocycles. The van der Waals surface area contributed by atoms with Crippen LogP contribution in [0.4, 0.5) is 0 Å². The summed E-state index contributed by atoms with van der Waals surface area (Å²) >= 11 is 0. The normalized spacial score (nSPS) is 10.7. The van der Waals surface area contributed by atoms with E-state index >= 15 is 0 Å². The predicted molar refractivity (Wildman–Crippen MR) is 55.0 cm³/mol. The van der Waals surface area contributed by atoms with E-state index in [0.29, 0.717) is 5.75 Å². The fourth-order valence-electron chi connectivity index (χ4n) is 1.31. The molecule has 0 bridgehead atoms. The minimum Gasteiger partial charge on any atom is -0.508 e. The molecule has 0 unspecified atom stereocenters. The number of hydrogen-bond donors (Lipinski definition) is 1. The first-order valence-electron chi connectivity index (χ1n) is 4.61. The Balaban J connectivity index is 2.37. The van der Waals surface area contributed by atoms with E-state index in [2.05, 4.69) is 25.1 Å². The van der Waals surface area contributed by atoms with Crippen LogP contribution >= 0.6 is 0 Å². The zero-order valence-electron chi connectivity index (χ0n) is 8.33. The lowest BCUT2D eigenvalue weighted by Crippen LogP contribution is -2.13. The van der Waals surface area contributed by atoms with Crippen LogP contribution in [-0.2, 0) is 6.42 Å². The van der Waals surface area contributed by atoms with Crippen LogP contribution in [0.15, 0.2) is 24.3 Å². The number of rotatable bonds is 4. The molecule has 2 heteroatoms. The monoisotopic (exact) mass is 179 g/mol. The molecule has 1 aromatic rings. The van der Waals surface area contributed by atoms with Gasteiger partial charge in [-0.2, -0.15) is 0 Å². The summed E-state index contributed by atoms with van der Waals surface area (Å²) in [5, 5.41) is 9.21. The third kappa shape index (κ3) is 3.95. The second kappa shape index (κ2) is 4.87. The second-order valence-electron chi connectivity index (χ2n) is 3.58. The molecule has 0 amide bonds. The Morgan fingerprint density at radius 3 is 2.69 bits per heavy atom. The Kier molecular flexibility index (Phi) is 3.77. The lowest BCUT2D eigenvalue weighted by Gasteiger charge is -2.08. The van der Waals surface area contributed by atoms with Crippen molar-refractivity contribution in [1.29, 1.82) is 0 Å². The summed E-state index contributed by atoms with van der Waals surface area (Å²) in [7, 11) is 4.14. The van der Waals surface area contributed by atoms with Gasteiger partial charge in [-0.1, -0.05) is 12.1 Å². The molecule has 0 fully saturated rings. The van der Waals surface area contributed by atoms with Gasteiger partial charge in [-0.15, -0.1) is 0 Å². The van der Waals surface area contributed by atoms with E-state index in [1.54, 1.807) is 6.07 Å². The summed E-state index contributed by atoms with van der Waals surface area (Å²) in [5.74, 6) is 0.363. The van der Waals surface area contributed by atoms with Crippen molar-refractivity contribution in [1.82, 2.24) is 4.90 Å². The van der Waals surface area contributed by atoms with E-state index in [1.165, 1.54) is 5.56 Å². The Labute approximate surface area is 79.8 Å². The molecule has 0 radical (unpaired) electrons. The molecular formula is C11H17NO. The summed E-state index contributed by atoms with van der Waals surface area (Å²) < 4.78 is 0. The fraction of sp³-hybridized carbons (Fsp3) is 0.455. The van der Waals surface area contributed by atoms with Gasteiger partial charge in [0.15, 0.2) is 0 Å². The number of phenolic OH excluding ortho intramolecular Hbond substituents is 1. The van der Waals surface area contributed by atoms with Crippen LogP contribution < -0.4 is 0 Å². The van der Waals surface area contributed by atoms with Crippen molar-refractivity contribution < 1.29 is 5.11 Å². The average Bonchev–Trinajstić information content (AvgIpc) is 2.03. The zero-order valence-corrected chi connectivity index (χ0v) is 8.33. The van der Waals surface area contributed by atoms with Crippen molar-refractivity contribution in [3.8, 4) is 5.75 Å². The van der Waals surface area contributed by atoms with Crippen LogP contribution in [0.2, 0.25) is 0 Å². The van der Waals surface area contributed by atoms with Crippen molar-refractivity contribution in [3.63, 3.8) is 0 Å². The van der Waals surface area contributed by atoms with Gasteiger partial charge in [-0.25, -0.2) is 0 Å². The average molecular weight is 179 g/mol. The molecule has 0 aliphatic carbocycles. The van der Waals surface area contributed by atoms with Gasteiger partial charge in [0.2, 0.25) is 0 Å². The van der Waals surface area contributed by atoms with Gasteiger partial charge in [0.1, 0.15) is 5.75 Å². The smallest absolute Gasteiger partial charge is 0.115 e. The van der Waals surface area contributed by atoms with Crippen molar-refractivity contribution in [2.45, 2.75) is 12.8 Å². The molecule has 72 valence electrons. The van der Waals surface area contributed by atoms with Crippen LogP contribution in [-0.4, -0.2) is 30.6 Å². The van der Waals surface area contributed by atoms with Gasteiger partial charge in [0.25, 0.3) is 0 Å². The first kappa shape index (κ1) is 10.1. The predicted octanol–water partition coefficient (Wildman–Crippen LogP) is 1.89. The Morgan fingerprint density at radius 2 is 2.08 bits per heavy atom. The minimum atomic E-state index is 0.363. The molecule has 0 heterocycles. The topological polar surface area (TPSA) is 23.5 Å². The van der Waals surface area contributed by atoms with Gasteiger partial charge in [0.05, 0.1) is 0 Å². The van der Waals surface area contributed by atoms with Crippen LogP contribution in [0.3, 0.4) is 0 Å². The minimum absolute atomic E-state index is 0.363. The molecule has 0 aliphatic heterocycles. The van der Waals surface area contributed by atoms with Gasteiger partial charge < -0.3 is 10.0 Å². The van der Waals surface area contributed by atoms with Crippen LogP contribution in [0.25, 0.3) is 0 Å². The summed E-state index contributed by atoms with van der Waals surface area (Å²) in [6.45, 7) is 1.09. The van der Waals surface area contributed by atoms with Crippen molar-refractivity contribution in [3.05, 3.63) is 29.8 Å². The largest absolute Gasteiger partial charge is 0.508 e. The molecule has 1 aromatic carbocycles. The highest BCUT2D eigenvalue weighted by Gasteiger charge is 1.95.